The number of hydrogen-bond acceptors (Lipinski definition) is 2. The lowest BCUT2D eigenvalue weighted by Crippen LogP contribution is -2.40. The number of primary amides is 1. The monoisotopic (exact) mass is 266 g/mol. The fourth-order valence-corrected chi connectivity index (χ4v) is 3.08. The molecule has 4 heteroatoms. The second-order valence-electron chi connectivity index (χ2n) is 5.48. The maximum absolute atomic E-state index is 12.1. The van der Waals surface area contributed by atoms with Crippen molar-refractivity contribution in [3.63, 3.8) is 0 Å². The predicted octanol–water partition coefficient (Wildman–Crippen LogP) is 2.00. The van der Waals surface area contributed by atoms with Crippen molar-refractivity contribution in [2.45, 2.75) is 44.9 Å². The molecule has 0 spiro atoms. The van der Waals surface area contributed by atoms with E-state index in [0.717, 1.165) is 6.42 Å². The summed E-state index contributed by atoms with van der Waals surface area (Å²) in [4.78, 5) is 23.7. The van der Waals surface area contributed by atoms with E-state index in [1.54, 1.807) is 13.1 Å². The average Bonchev–Trinajstić information content (AvgIpc) is 2.89. The van der Waals surface area contributed by atoms with Crippen molar-refractivity contribution in [1.29, 1.82) is 0 Å². The molecule has 0 aromatic rings. The normalized spacial score (nSPS) is 18.8. The Morgan fingerprint density at radius 1 is 1.37 bits per heavy atom. The van der Waals surface area contributed by atoms with Gasteiger partial charge in [-0.3, -0.25) is 9.59 Å². The second-order valence-corrected chi connectivity index (χ2v) is 5.48. The summed E-state index contributed by atoms with van der Waals surface area (Å²) < 4.78 is 0. The quantitative estimate of drug-likeness (QED) is 0.659. The Morgan fingerprint density at radius 2 is 2.00 bits per heavy atom. The smallest absolute Gasteiger partial charge is 0.223 e. The van der Waals surface area contributed by atoms with Gasteiger partial charge in [0.25, 0.3) is 0 Å². The van der Waals surface area contributed by atoms with Crippen LogP contribution in [-0.4, -0.2) is 18.9 Å². The molecule has 0 aromatic heterocycles. The van der Waals surface area contributed by atoms with Crippen LogP contribution in [0.5, 0.6) is 0 Å². The Labute approximate surface area is 115 Å². The average molecular weight is 266 g/mol. The molecule has 0 saturated heterocycles. The van der Waals surface area contributed by atoms with E-state index >= 15 is 0 Å². The number of hydrogen-bond donors (Lipinski definition) is 2. The molecule has 0 bridgehead atoms. The zero-order valence-electron chi connectivity index (χ0n) is 11.9. The molecule has 4 nitrogen and oxygen atoms in total. The lowest BCUT2D eigenvalue weighted by atomic mass is 9.80. The third-order valence-electron chi connectivity index (χ3n) is 4.18. The van der Waals surface area contributed by atoms with Crippen LogP contribution in [0.3, 0.4) is 0 Å². The van der Waals surface area contributed by atoms with Crippen molar-refractivity contribution in [3.8, 4) is 0 Å². The molecular weight excluding hydrogens is 240 g/mol. The molecule has 19 heavy (non-hydrogen) atoms. The van der Waals surface area contributed by atoms with Crippen LogP contribution in [0.1, 0.15) is 44.9 Å². The summed E-state index contributed by atoms with van der Waals surface area (Å²) in [5, 5.41) is 2.68. The molecule has 1 fully saturated rings. The van der Waals surface area contributed by atoms with Gasteiger partial charge in [-0.25, -0.2) is 0 Å². The highest BCUT2D eigenvalue weighted by atomic mass is 16.2. The molecule has 0 radical (unpaired) electrons. The van der Waals surface area contributed by atoms with Gasteiger partial charge >= 0.3 is 0 Å². The molecule has 1 unspecified atom stereocenters. The van der Waals surface area contributed by atoms with Gasteiger partial charge < -0.3 is 11.1 Å². The molecule has 108 valence electrons. The minimum Gasteiger partial charge on any atom is -0.369 e. The van der Waals surface area contributed by atoms with E-state index < -0.39 is 0 Å². The Morgan fingerprint density at radius 3 is 2.47 bits per heavy atom. The van der Waals surface area contributed by atoms with E-state index in [0.29, 0.717) is 18.8 Å². The van der Waals surface area contributed by atoms with Crippen LogP contribution in [0.15, 0.2) is 12.7 Å². The molecule has 1 saturated carbocycles. The summed E-state index contributed by atoms with van der Waals surface area (Å²) in [6, 6.07) is 0. The zero-order chi connectivity index (χ0) is 14.3. The number of carbonyl (C=O) groups excluding carboxylic acids is 2. The van der Waals surface area contributed by atoms with E-state index in [1.165, 1.54) is 25.7 Å². The first kappa shape index (κ1) is 15.7. The van der Waals surface area contributed by atoms with Crippen LogP contribution in [0.4, 0.5) is 0 Å². The van der Waals surface area contributed by atoms with Crippen molar-refractivity contribution < 1.29 is 9.59 Å². The molecular formula is C15H26N2O2. The third kappa shape index (κ3) is 4.69. The Kier molecular flexibility index (Phi) is 6.60. The highest BCUT2D eigenvalue weighted by Gasteiger charge is 2.33. The number of rotatable bonds is 8. The van der Waals surface area contributed by atoms with Gasteiger partial charge in [0.15, 0.2) is 0 Å². The van der Waals surface area contributed by atoms with E-state index in [1.807, 2.05) is 0 Å². The number of amides is 2. The van der Waals surface area contributed by atoms with Crippen LogP contribution >= 0.6 is 0 Å². The van der Waals surface area contributed by atoms with Gasteiger partial charge in [0.2, 0.25) is 11.8 Å². The Hall–Kier alpha value is -1.32. The topological polar surface area (TPSA) is 72.2 Å². The maximum Gasteiger partial charge on any atom is 0.223 e. The number of nitrogens with one attached hydrogen (secondary N) is 1. The van der Waals surface area contributed by atoms with E-state index in [-0.39, 0.29) is 23.7 Å². The van der Waals surface area contributed by atoms with Crippen molar-refractivity contribution in [2.24, 2.45) is 23.5 Å². The highest BCUT2D eigenvalue weighted by Crippen LogP contribution is 2.34. The van der Waals surface area contributed by atoms with Gasteiger partial charge in [-0.15, -0.1) is 6.58 Å². The maximum atomic E-state index is 12.1. The van der Waals surface area contributed by atoms with Crippen LogP contribution in [0, 0.1) is 17.8 Å². The largest absolute Gasteiger partial charge is 0.369 e. The van der Waals surface area contributed by atoms with E-state index in [4.69, 9.17) is 5.73 Å². The zero-order valence-corrected chi connectivity index (χ0v) is 11.9. The minimum absolute atomic E-state index is 0.0558. The first-order chi connectivity index (χ1) is 9.10. The molecule has 0 aliphatic heterocycles. The molecule has 3 N–H and O–H groups in total. The SMILES string of the molecule is C=CCC[C@H](C(N)=O)C(CC1CCCC1)C(=O)NC. The molecule has 1 aliphatic rings. The van der Waals surface area contributed by atoms with Gasteiger partial charge in [0.05, 0.1) is 0 Å². The first-order valence-electron chi connectivity index (χ1n) is 7.22. The summed E-state index contributed by atoms with van der Waals surface area (Å²) in [5.74, 6) is -0.523. The van der Waals surface area contributed by atoms with Gasteiger partial charge in [0, 0.05) is 18.9 Å². The Bertz CT molecular complexity index is 322. The fraction of sp³-hybridized carbons (Fsp3) is 0.733. The standard InChI is InChI=1S/C15H26N2O2/c1-3-4-9-12(14(16)18)13(15(19)17-2)10-11-7-5-6-8-11/h3,11-13H,1,4-10H2,2H3,(H2,16,18)(H,17,19)/t12-,13?/m0/s1. The first-order valence-corrected chi connectivity index (χ1v) is 7.22. The summed E-state index contributed by atoms with van der Waals surface area (Å²) in [6.07, 6.45) is 8.69. The second kappa shape index (κ2) is 7.97. The summed E-state index contributed by atoms with van der Waals surface area (Å²) in [6.45, 7) is 3.67. The Balaban J connectivity index is 2.75. The highest BCUT2D eigenvalue weighted by molar-refractivity contribution is 5.86. The van der Waals surface area contributed by atoms with Crippen molar-refractivity contribution in [3.05, 3.63) is 12.7 Å². The van der Waals surface area contributed by atoms with Gasteiger partial charge in [-0.2, -0.15) is 0 Å². The van der Waals surface area contributed by atoms with Crippen molar-refractivity contribution in [2.75, 3.05) is 7.05 Å². The fourth-order valence-electron chi connectivity index (χ4n) is 3.08. The number of nitrogens with two attached hydrogens (primary N) is 1. The molecule has 0 aromatic carbocycles. The molecule has 2 atom stereocenters. The van der Waals surface area contributed by atoms with Gasteiger partial charge in [-0.1, -0.05) is 31.8 Å². The number of carbonyl (C=O) groups is 2. The van der Waals surface area contributed by atoms with E-state index in [2.05, 4.69) is 11.9 Å². The van der Waals surface area contributed by atoms with Crippen LogP contribution in [-0.2, 0) is 9.59 Å². The van der Waals surface area contributed by atoms with Crippen LogP contribution in [0.2, 0.25) is 0 Å². The third-order valence-corrected chi connectivity index (χ3v) is 4.18. The van der Waals surface area contributed by atoms with Gasteiger partial charge in [0.1, 0.15) is 0 Å². The van der Waals surface area contributed by atoms with E-state index in [9.17, 15) is 9.59 Å². The summed E-state index contributed by atoms with van der Waals surface area (Å²) in [7, 11) is 1.62. The lowest BCUT2D eigenvalue weighted by molar-refractivity contribution is -0.133. The number of allylic oxidation sites excluding steroid dienone is 1. The summed E-state index contributed by atoms with van der Waals surface area (Å²) in [5.41, 5.74) is 5.49. The molecule has 1 aliphatic carbocycles. The van der Waals surface area contributed by atoms with Crippen LogP contribution in [0.25, 0.3) is 0 Å². The minimum atomic E-state index is -0.376. The molecule has 0 heterocycles. The lowest BCUT2D eigenvalue weighted by Gasteiger charge is -2.25. The summed E-state index contributed by atoms with van der Waals surface area (Å²) >= 11 is 0. The van der Waals surface area contributed by atoms with Gasteiger partial charge in [-0.05, 0) is 25.2 Å². The van der Waals surface area contributed by atoms with Crippen molar-refractivity contribution in [1.82, 2.24) is 5.32 Å². The predicted molar refractivity (Wildman–Crippen MR) is 76.2 cm³/mol. The van der Waals surface area contributed by atoms with Crippen molar-refractivity contribution >= 4 is 11.8 Å². The molecule has 2 amide bonds. The van der Waals surface area contributed by atoms with Crippen LogP contribution < -0.4 is 11.1 Å². The molecule has 1 rings (SSSR count).